The molecule has 0 radical (unpaired) electrons. The highest BCUT2D eigenvalue weighted by molar-refractivity contribution is 5.78. The van der Waals surface area contributed by atoms with Crippen LogP contribution in [-0.2, 0) is 0 Å². The van der Waals surface area contributed by atoms with Crippen LogP contribution in [0, 0.1) is 5.41 Å². The van der Waals surface area contributed by atoms with Crippen molar-refractivity contribution in [2.24, 2.45) is 16.1 Å². The van der Waals surface area contributed by atoms with Crippen LogP contribution >= 0.6 is 0 Å². The van der Waals surface area contributed by atoms with Crippen molar-refractivity contribution in [3.63, 3.8) is 0 Å². The predicted molar refractivity (Wildman–Crippen MR) is 68.5 cm³/mol. The molecule has 1 spiro atoms. The number of nitrogens with zero attached hydrogens (tertiary/aromatic N) is 2. The molecule has 1 aliphatic carbocycles. The number of guanidine groups is 1. The summed E-state index contributed by atoms with van der Waals surface area (Å²) in [4.78, 5) is 6.43. The van der Waals surface area contributed by atoms with Gasteiger partial charge in [0.25, 0.3) is 0 Å². The van der Waals surface area contributed by atoms with E-state index >= 15 is 0 Å². The van der Waals surface area contributed by atoms with E-state index in [1.54, 1.807) is 7.05 Å². The van der Waals surface area contributed by atoms with Gasteiger partial charge >= 0.3 is 0 Å². The minimum atomic E-state index is 0.560. The van der Waals surface area contributed by atoms with E-state index in [9.17, 15) is 0 Å². The van der Waals surface area contributed by atoms with Crippen LogP contribution in [0.15, 0.2) is 4.99 Å². The molecule has 3 heteroatoms. The van der Waals surface area contributed by atoms with Gasteiger partial charge in [-0.15, -0.1) is 0 Å². The first-order valence-electron chi connectivity index (χ1n) is 6.73. The Morgan fingerprint density at radius 2 is 1.69 bits per heavy atom. The van der Waals surface area contributed by atoms with Crippen LogP contribution in [-0.4, -0.2) is 31.0 Å². The third kappa shape index (κ3) is 2.50. The Balaban J connectivity index is 2.03. The third-order valence-electron chi connectivity index (χ3n) is 4.38. The fourth-order valence-electron chi connectivity index (χ4n) is 3.43. The van der Waals surface area contributed by atoms with Gasteiger partial charge in [-0.3, -0.25) is 4.99 Å². The van der Waals surface area contributed by atoms with Crippen molar-refractivity contribution < 1.29 is 0 Å². The third-order valence-corrected chi connectivity index (χ3v) is 4.38. The predicted octanol–water partition coefficient (Wildman–Crippen LogP) is 2.37. The maximum Gasteiger partial charge on any atom is 0.190 e. The van der Waals surface area contributed by atoms with Crippen LogP contribution in [0.5, 0.6) is 0 Å². The molecule has 0 aromatic rings. The van der Waals surface area contributed by atoms with Gasteiger partial charge in [-0.2, -0.15) is 0 Å². The molecule has 1 saturated heterocycles. The van der Waals surface area contributed by atoms with Crippen LogP contribution in [0.4, 0.5) is 0 Å². The molecular weight excluding hydrogens is 198 g/mol. The molecule has 0 amide bonds. The number of rotatable bonds is 0. The number of aliphatic imine (C=N–C) groups is 1. The van der Waals surface area contributed by atoms with E-state index < -0.39 is 0 Å². The number of hydrogen-bond acceptors (Lipinski definition) is 1. The molecule has 1 heterocycles. The zero-order chi connectivity index (χ0) is 11.4. The van der Waals surface area contributed by atoms with Gasteiger partial charge in [-0.1, -0.05) is 25.7 Å². The van der Waals surface area contributed by atoms with Gasteiger partial charge in [0, 0.05) is 20.1 Å². The topological polar surface area (TPSA) is 41.6 Å². The highest BCUT2D eigenvalue weighted by Gasteiger charge is 2.35. The lowest BCUT2D eigenvalue weighted by molar-refractivity contribution is 0.117. The van der Waals surface area contributed by atoms with E-state index in [2.05, 4.69) is 9.89 Å². The first-order valence-corrected chi connectivity index (χ1v) is 6.73. The van der Waals surface area contributed by atoms with Crippen LogP contribution in [0.1, 0.15) is 51.4 Å². The van der Waals surface area contributed by atoms with Crippen molar-refractivity contribution in [2.75, 3.05) is 20.1 Å². The maximum absolute atomic E-state index is 5.95. The molecule has 2 fully saturated rings. The Morgan fingerprint density at radius 1 is 1.06 bits per heavy atom. The number of hydrogen-bond donors (Lipinski definition) is 1. The van der Waals surface area contributed by atoms with E-state index in [-0.39, 0.29) is 0 Å². The van der Waals surface area contributed by atoms with Gasteiger partial charge in [0.05, 0.1) is 0 Å². The molecule has 1 aliphatic heterocycles. The molecule has 2 aliphatic rings. The largest absolute Gasteiger partial charge is 0.370 e. The molecule has 92 valence electrons. The van der Waals surface area contributed by atoms with E-state index in [1.807, 2.05) is 0 Å². The lowest BCUT2D eigenvalue weighted by atomic mass is 9.74. The molecule has 16 heavy (non-hydrogen) atoms. The summed E-state index contributed by atoms with van der Waals surface area (Å²) in [6, 6.07) is 0. The van der Waals surface area contributed by atoms with Gasteiger partial charge < -0.3 is 10.6 Å². The quantitative estimate of drug-likeness (QED) is 0.506. The van der Waals surface area contributed by atoms with Crippen molar-refractivity contribution in [2.45, 2.75) is 51.4 Å². The van der Waals surface area contributed by atoms with Crippen LogP contribution < -0.4 is 5.73 Å². The van der Waals surface area contributed by atoms with Crippen molar-refractivity contribution in [1.82, 2.24) is 4.90 Å². The molecule has 0 unspecified atom stereocenters. The lowest BCUT2D eigenvalue weighted by Gasteiger charge is -2.43. The molecule has 1 saturated carbocycles. The summed E-state index contributed by atoms with van der Waals surface area (Å²) >= 11 is 0. The molecule has 0 bridgehead atoms. The van der Waals surface area contributed by atoms with Gasteiger partial charge in [-0.25, -0.2) is 0 Å². The monoisotopic (exact) mass is 223 g/mol. The second-order valence-electron chi connectivity index (χ2n) is 5.52. The Hall–Kier alpha value is -0.730. The summed E-state index contributed by atoms with van der Waals surface area (Å²) in [5.74, 6) is 0.739. The standard InChI is InChI=1S/C13H25N3/c1-15-12(14)16-10-6-9-13(11-16)7-4-2-3-5-8-13/h2-11H2,1H3,(H2,14,15). The Bertz CT molecular complexity index is 252. The van der Waals surface area contributed by atoms with Crippen LogP contribution in [0.25, 0.3) is 0 Å². The number of likely N-dealkylation sites (tertiary alicyclic amines) is 1. The zero-order valence-corrected chi connectivity index (χ0v) is 10.5. The number of piperidine rings is 1. The Kier molecular flexibility index (Phi) is 3.72. The Labute approximate surface area is 99.1 Å². The minimum absolute atomic E-state index is 0.560. The summed E-state index contributed by atoms with van der Waals surface area (Å²) < 4.78 is 0. The highest BCUT2D eigenvalue weighted by Crippen LogP contribution is 2.41. The molecule has 0 aromatic heterocycles. The van der Waals surface area contributed by atoms with Gasteiger partial charge in [0.1, 0.15) is 0 Å². The Morgan fingerprint density at radius 3 is 2.31 bits per heavy atom. The zero-order valence-electron chi connectivity index (χ0n) is 10.5. The van der Waals surface area contributed by atoms with Crippen LogP contribution in [0.2, 0.25) is 0 Å². The summed E-state index contributed by atoms with van der Waals surface area (Å²) in [5, 5.41) is 0. The average Bonchev–Trinajstić information content (AvgIpc) is 2.54. The average molecular weight is 223 g/mol. The maximum atomic E-state index is 5.95. The van der Waals surface area contributed by atoms with Crippen molar-refractivity contribution in [1.29, 1.82) is 0 Å². The summed E-state index contributed by atoms with van der Waals surface area (Å²) in [6.45, 7) is 2.25. The van der Waals surface area contributed by atoms with Crippen molar-refractivity contribution in [3.8, 4) is 0 Å². The van der Waals surface area contributed by atoms with E-state index in [4.69, 9.17) is 5.73 Å². The smallest absolute Gasteiger partial charge is 0.190 e. The van der Waals surface area contributed by atoms with E-state index in [0.717, 1.165) is 19.0 Å². The molecule has 2 N–H and O–H groups in total. The second-order valence-corrected chi connectivity index (χ2v) is 5.52. The number of nitrogens with two attached hydrogens (primary N) is 1. The lowest BCUT2D eigenvalue weighted by Crippen LogP contribution is -2.48. The molecule has 2 rings (SSSR count). The van der Waals surface area contributed by atoms with E-state index in [1.165, 1.54) is 51.4 Å². The second kappa shape index (κ2) is 5.07. The van der Waals surface area contributed by atoms with Gasteiger partial charge in [0.2, 0.25) is 0 Å². The summed E-state index contributed by atoms with van der Waals surface area (Å²) in [7, 11) is 1.80. The van der Waals surface area contributed by atoms with Crippen molar-refractivity contribution >= 4 is 5.96 Å². The molecule has 0 aromatic carbocycles. The molecule has 3 nitrogen and oxygen atoms in total. The fraction of sp³-hybridized carbons (Fsp3) is 0.923. The van der Waals surface area contributed by atoms with Crippen molar-refractivity contribution in [3.05, 3.63) is 0 Å². The normalized spacial score (nSPS) is 26.8. The van der Waals surface area contributed by atoms with Gasteiger partial charge in [-0.05, 0) is 31.1 Å². The minimum Gasteiger partial charge on any atom is -0.370 e. The van der Waals surface area contributed by atoms with Gasteiger partial charge in [0.15, 0.2) is 5.96 Å². The molecule has 0 atom stereocenters. The SMILES string of the molecule is CN=C(N)N1CCCC2(CCCCCC2)C1. The summed E-state index contributed by atoms with van der Waals surface area (Å²) in [5.41, 5.74) is 6.51. The first kappa shape index (κ1) is 11.7. The molecular formula is C13H25N3. The summed E-state index contributed by atoms with van der Waals surface area (Å²) in [6.07, 6.45) is 11.2. The fourth-order valence-corrected chi connectivity index (χ4v) is 3.43. The van der Waals surface area contributed by atoms with E-state index in [0.29, 0.717) is 5.41 Å². The highest BCUT2D eigenvalue weighted by atomic mass is 15.3. The first-order chi connectivity index (χ1) is 7.76. The van der Waals surface area contributed by atoms with Crippen LogP contribution in [0.3, 0.4) is 0 Å².